The van der Waals surface area contributed by atoms with Gasteiger partial charge in [0, 0.05) is 6.20 Å². The van der Waals surface area contributed by atoms with E-state index in [4.69, 9.17) is 5.84 Å². The number of benzene rings is 1. The Kier molecular flexibility index (Phi) is 4.24. The number of aryl methyl sites for hydroxylation is 3. The number of aromatic nitrogens is 2. The first-order valence-electron chi connectivity index (χ1n) is 6.40. The summed E-state index contributed by atoms with van der Waals surface area (Å²) in [6.07, 6.45) is 4.11. The first kappa shape index (κ1) is 13.6. The minimum atomic E-state index is 0.00288. The molecule has 0 aliphatic rings. The molecular formula is C15H20N4. The van der Waals surface area contributed by atoms with Crippen molar-refractivity contribution in [3.8, 4) is 0 Å². The summed E-state index contributed by atoms with van der Waals surface area (Å²) in [6, 6.07) is 6.30. The molecule has 0 amide bonds. The van der Waals surface area contributed by atoms with Gasteiger partial charge in [0.15, 0.2) is 0 Å². The molecule has 0 fully saturated rings. The normalized spacial score (nSPS) is 12.4. The fraction of sp³-hybridized carbons (Fsp3) is 0.333. The molecule has 1 unspecified atom stereocenters. The van der Waals surface area contributed by atoms with Gasteiger partial charge in [0.1, 0.15) is 6.33 Å². The highest BCUT2D eigenvalue weighted by Crippen LogP contribution is 2.22. The Hall–Kier alpha value is -1.78. The van der Waals surface area contributed by atoms with E-state index in [0.717, 1.165) is 12.1 Å². The summed E-state index contributed by atoms with van der Waals surface area (Å²) in [5, 5.41) is 0. The van der Waals surface area contributed by atoms with Crippen LogP contribution in [0, 0.1) is 20.8 Å². The lowest BCUT2D eigenvalue weighted by Crippen LogP contribution is -2.30. The number of nitrogens with zero attached hydrogens (tertiary/aromatic N) is 2. The van der Waals surface area contributed by atoms with Gasteiger partial charge in [-0.25, -0.2) is 9.97 Å². The van der Waals surface area contributed by atoms with E-state index in [1.165, 1.54) is 22.3 Å². The maximum atomic E-state index is 5.67. The number of hydrazine groups is 1. The van der Waals surface area contributed by atoms with Gasteiger partial charge >= 0.3 is 0 Å². The zero-order valence-corrected chi connectivity index (χ0v) is 11.6. The second-order valence-electron chi connectivity index (χ2n) is 4.93. The van der Waals surface area contributed by atoms with Gasteiger partial charge in [0.2, 0.25) is 0 Å². The highest BCUT2D eigenvalue weighted by molar-refractivity contribution is 5.38. The highest BCUT2D eigenvalue weighted by atomic mass is 15.2. The highest BCUT2D eigenvalue weighted by Gasteiger charge is 2.14. The molecule has 0 spiro atoms. The fourth-order valence-corrected chi connectivity index (χ4v) is 2.49. The Bertz CT molecular complexity index is 528. The van der Waals surface area contributed by atoms with Gasteiger partial charge in [-0.05, 0) is 49.9 Å². The summed E-state index contributed by atoms with van der Waals surface area (Å²) < 4.78 is 0. The van der Waals surface area contributed by atoms with Crippen molar-refractivity contribution in [3.63, 3.8) is 0 Å². The molecule has 3 N–H and O–H groups in total. The maximum Gasteiger partial charge on any atom is 0.115 e. The molecule has 100 valence electrons. The van der Waals surface area contributed by atoms with Gasteiger partial charge in [-0.15, -0.1) is 0 Å². The van der Waals surface area contributed by atoms with Crippen LogP contribution in [0.1, 0.15) is 34.0 Å². The van der Waals surface area contributed by atoms with E-state index in [2.05, 4.69) is 48.3 Å². The molecule has 1 heterocycles. The average molecular weight is 256 g/mol. The quantitative estimate of drug-likeness (QED) is 0.650. The van der Waals surface area contributed by atoms with Crippen LogP contribution in [0.15, 0.2) is 30.7 Å². The SMILES string of the molecule is Cc1cc(C)c(CC(NN)c2ccncn2)c(C)c1. The molecule has 0 radical (unpaired) electrons. The van der Waals surface area contributed by atoms with Crippen molar-refractivity contribution in [1.29, 1.82) is 0 Å². The maximum absolute atomic E-state index is 5.67. The van der Waals surface area contributed by atoms with Crippen LogP contribution in [-0.4, -0.2) is 9.97 Å². The molecule has 1 aromatic carbocycles. The third-order valence-electron chi connectivity index (χ3n) is 3.41. The Labute approximate surface area is 114 Å². The van der Waals surface area contributed by atoms with Crippen LogP contribution in [0.3, 0.4) is 0 Å². The van der Waals surface area contributed by atoms with Gasteiger partial charge < -0.3 is 0 Å². The van der Waals surface area contributed by atoms with Crippen molar-refractivity contribution in [2.75, 3.05) is 0 Å². The van der Waals surface area contributed by atoms with Crippen LogP contribution < -0.4 is 11.3 Å². The molecule has 19 heavy (non-hydrogen) atoms. The van der Waals surface area contributed by atoms with Crippen molar-refractivity contribution < 1.29 is 0 Å². The lowest BCUT2D eigenvalue weighted by Gasteiger charge is -2.18. The molecule has 2 rings (SSSR count). The zero-order chi connectivity index (χ0) is 13.8. The summed E-state index contributed by atoms with van der Waals surface area (Å²) in [5.74, 6) is 5.67. The number of nitrogens with one attached hydrogen (secondary N) is 1. The van der Waals surface area contributed by atoms with Crippen LogP contribution in [0.5, 0.6) is 0 Å². The van der Waals surface area contributed by atoms with Crippen molar-refractivity contribution in [2.24, 2.45) is 5.84 Å². The van der Waals surface area contributed by atoms with Crippen LogP contribution in [0.4, 0.5) is 0 Å². The Morgan fingerprint density at radius 1 is 1.21 bits per heavy atom. The minimum absolute atomic E-state index is 0.00288. The van der Waals surface area contributed by atoms with Crippen LogP contribution in [0.25, 0.3) is 0 Å². The molecule has 0 bridgehead atoms. The van der Waals surface area contributed by atoms with Gasteiger partial charge in [-0.1, -0.05) is 17.7 Å². The van der Waals surface area contributed by atoms with Crippen molar-refractivity contribution in [3.05, 3.63) is 58.7 Å². The lowest BCUT2D eigenvalue weighted by atomic mass is 9.93. The minimum Gasteiger partial charge on any atom is -0.271 e. The summed E-state index contributed by atoms with van der Waals surface area (Å²) in [4.78, 5) is 8.21. The van der Waals surface area contributed by atoms with E-state index in [-0.39, 0.29) is 6.04 Å². The van der Waals surface area contributed by atoms with Gasteiger partial charge in [-0.3, -0.25) is 11.3 Å². The van der Waals surface area contributed by atoms with Crippen molar-refractivity contribution in [2.45, 2.75) is 33.2 Å². The van der Waals surface area contributed by atoms with Gasteiger partial charge in [0.25, 0.3) is 0 Å². The summed E-state index contributed by atoms with van der Waals surface area (Å²) in [5.41, 5.74) is 8.97. The van der Waals surface area contributed by atoms with Gasteiger partial charge in [-0.2, -0.15) is 0 Å². The first-order valence-corrected chi connectivity index (χ1v) is 6.40. The van der Waals surface area contributed by atoms with E-state index in [1.807, 2.05) is 6.07 Å². The van der Waals surface area contributed by atoms with Crippen LogP contribution in [0.2, 0.25) is 0 Å². The van der Waals surface area contributed by atoms with E-state index in [0.29, 0.717) is 0 Å². The zero-order valence-electron chi connectivity index (χ0n) is 11.6. The molecule has 2 aromatic rings. The number of hydrogen-bond acceptors (Lipinski definition) is 4. The Morgan fingerprint density at radius 3 is 2.42 bits per heavy atom. The van der Waals surface area contributed by atoms with Crippen LogP contribution >= 0.6 is 0 Å². The molecule has 0 aliphatic carbocycles. The van der Waals surface area contributed by atoms with E-state index in [1.54, 1.807) is 12.5 Å². The van der Waals surface area contributed by atoms with E-state index >= 15 is 0 Å². The number of hydrogen-bond donors (Lipinski definition) is 2. The standard InChI is InChI=1S/C15H20N4/c1-10-6-11(2)13(12(3)7-10)8-15(19-16)14-4-5-17-9-18-14/h4-7,9,15,19H,8,16H2,1-3H3. The third kappa shape index (κ3) is 3.16. The topological polar surface area (TPSA) is 63.8 Å². The summed E-state index contributed by atoms with van der Waals surface area (Å²) in [7, 11) is 0. The predicted molar refractivity (Wildman–Crippen MR) is 76.5 cm³/mol. The fourth-order valence-electron chi connectivity index (χ4n) is 2.49. The molecule has 0 aliphatic heterocycles. The van der Waals surface area contributed by atoms with E-state index < -0.39 is 0 Å². The third-order valence-corrected chi connectivity index (χ3v) is 3.41. The average Bonchev–Trinajstić information content (AvgIpc) is 2.39. The smallest absolute Gasteiger partial charge is 0.115 e. The second-order valence-corrected chi connectivity index (χ2v) is 4.93. The molecular weight excluding hydrogens is 236 g/mol. The molecule has 1 atom stereocenters. The molecule has 1 aromatic heterocycles. The summed E-state index contributed by atoms with van der Waals surface area (Å²) >= 11 is 0. The largest absolute Gasteiger partial charge is 0.271 e. The molecule has 0 saturated heterocycles. The lowest BCUT2D eigenvalue weighted by molar-refractivity contribution is 0.535. The van der Waals surface area contributed by atoms with Gasteiger partial charge in [0.05, 0.1) is 11.7 Å². The van der Waals surface area contributed by atoms with E-state index in [9.17, 15) is 0 Å². The molecule has 4 heteroatoms. The molecule has 4 nitrogen and oxygen atoms in total. The van der Waals surface area contributed by atoms with Crippen LogP contribution in [-0.2, 0) is 6.42 Å². The Morgan fingerprint density at radius 2 is 1.89 bits per heavy atom. The Balaban J connectivity index is 2.29. The van der Waals surface area contributed by atoms with Crippen molar-refractivity contribution >= 4 is 0 Å². The monoisotopic (exact) mass is 256 g/mol. The summed E-state index contributed by atoms with van der Waals surface area (Å²) in [6.45, 7) is 6.40. The molecule has 0 saturated carbocycles. The number of nitrogens with two attached hydrogens (primary N) is 1. The first-order chi connectivity index (χ1) is 9.11. The van der Waals surface area contributed by atoms with Crippen molar-refractivity contribution in [1.82, 2.24) is 15.4 Å². The second kappa shape index (κ2) is 5.91. The number of rotatable bonds is 4. The predicted octanol–water partition coefficient (Wildman–Crippen LogP) is 2.15.